The molecule has 19 heavy (non-hydrogen) atoms. The molecule has 102 valence electrons. The molecule has 2 aliphatic rings. The number of rotatable bonds is 2. The molecule has 3 rings (SSSR count). The third kappa shape index (κ3) is 3.06. The van der Waals surface area contributed by atoms with Gasteiger partial charge in [0, 0.05) is 16.2 Å². The van der Waals surface area contributed by atoms with Crippen molar-refractivity contribution in [3.63, 3.8) is 0 Å². The van der Waals surface area contributed by atoms with Gasteiger partial charge in [-0.05, 0) is 77.4 Å². The lowest BCUT2D eigenvalue weighted by Crippen LogP contribution is -2.40. The van der Waals surface area contributed by atoms with Gasteiger partial charge in [-0.2, -0.15) is 0 Å². The summed E-state index contributed by atoms with van der Waals surface area (Å²) in [5, 5.41) is 8.06. The molecule has 2 aliphatic carbocycles. The van der Waals surface area contributed by atoms with E-state index in [0.29, 0.717) is 16.2 Å². The maximum atomic E-state index is 6.07. The molecule has 0 radical (unpaired) electrons. The highest BCUT2D eigenvalue weighted by Gasteiger charge is 2.39. The zero-order chi connectivity index (χ0) is 13.4. The third-order valence-electron chi connectivity index (χ3n) is 4.23. The normalized spacial score (nSPS) is 28.4. The van der Waals surface area contributed by atoms with E-state index in [1.165, 1.54) is 25.7 Å². The van der Waals surface area contributed by atoms with Crippen LogP contribution in [0.1, 0.15) is 25.7 Å². The van der Waals surface area contributed by atoms with E-state index in [9.17, 15) is 0 Å². The summed E-state index contributed by atoms with van der Waals surface area (Å²) in [6.45, 7) is 0. The van der Waals surface area contributed by atoms with Crippen LogP contribution in [0.3, 0.4) is 0 Å². The Balaban J connectivity index is 1.57. The number of hydrogen-bond acceptors (Lipinski definition) is 1. The molecule has 0 spiro atoms. The number of anilines is 1. The first-order valence-electron chi connectivity index (χ1n) is 6.64. The summed E-state index contributed by atoms with van der Waals surface area (Å²) in [7, 11) is 0. The van der Waals surface area contributed by atoms with Crippen LogP contribution in [0.2, 0.25) is 5.02 Å². The molecule has 0 unspecified atom stereocenters. The quantitative estimate of drug-likeness (QED) is 0.756. The summed E-state index contributed by atoms with van der Waals surface area (Å²) in [6, 6.07) is 6.32. The second-order valence-corrected chi connectivity index (χ2v) is 7.18. The highest BCUT2D eigenvalue weighted by Crippen LogP contribution is 2.44. The number of nitrogens with one attached hydrogen (secondary N) is 2. The summed E-state index contributed by atoms with van der Waals surface area (Å²) in [4.78, 5) is 0. The first kappa shape index (κ1) is 13.7. The van der Waals surface area contributed by atoms with E-state index in [1.54, 1.807) is 0 Å². The van der Waals surface area contributed by atoms with Crippen molar-refractivity contribution >= 4 is 50.5 Å². The number of fused-ring (bicyclic) bond motifs is 2. The molecule has 0 heterocycles. The molecule has 2 nitrogen and oxygen atoms in total. The van der Waals surface area contributed by atoms with Gasteiger partial charge >= 0.3 is 0 Å². The Kier molecular flexibility index (Phi) is 4.01. The Bertz CT molecular complexity index is 508. The average molecular weight is 360 g/mol. The molecule has 2 N–H and O–H groups in total. The second kappa shape index (κ2) is 5.58. The van der Waals surface area contributed by atoms with Crippen molar-refractivity contribution in [1.82, 2.24) is 5.32 Å². The van der Waals surface area contributed by atoms with Crippen LogP contribution < -0.4 is 10.6 Å². The van der Waals surface area contributed by atoms with Crippen LogP contribution in [0, 0.1) is 11.8 Å². The summed E-state index contributed by atoms with van der Waals surface area (Å²) in [6.07, 6.45) is 5.42. The van der Waals surface area contributed by atoms with Crippen LogP contribution in [0.5, 0.6) is 0 Å². The van der Waals surface area contributed by atoms with E-state index in [4.69, 9.17) is 23.8 Å². The third-order valence-corrected chi connectivity index (χ3v) is 5.68. The van der Waals surface area contributed by atoms with Gasteiger partial charge < -0.3 is 10.6 Å². The molecule has 5 heteroatoms. The largest absolute Gasteiger partial charge is 0.359 e. The fourth-order valence-electron chi connectivity index (χ4n) is 3.33. The average Bonchev–Trinajstić information content (AvgIpc) is 2.96. The molecule has 2 bridgehead atoms. The molecule has 3 atom stereocenters. The van der Waals surface area contributed by atoms with E-state index in [0.717, 1.165) is 22.0 Å². The van der Waals surface area contributed by atoms with E-state index in [-0.39, 0.29) is 0 Å². The summed E-state index contributed by atoms with van der Waals surface area (Å²) >= 11 is 14.8. The SMILES string of the molecule is S=C(Nc1ccc(Br)c(Cl)c1)N[C@H]1C[C@@H]2CC[C@@H]1C2. The van der Waals surface area contributed by atoms with Gasteiger partial charge in [0.05, 0.1) is 5.02 Å². The molecule has 0 amide bonds. The summed E-state index contributed by atoms with van der Waals surface area (Å²) in [5.74, 6) is 1.74. The lowest BCUT2D eigenvalue weighted by atomic mass is 9.96. The molecule has 2 fully saturated rings. The Morgan fingerprint density at radius 1 is 1.32 bits per heavy atom. The van der Waals surface area contributed by atoms with Crippen molar-refractivity contribution in [2.24, 2.45) is 11.8 Å². The van der Waals surface area contributed by atoms with Crippen molar-refractivity contribution in [2.45, 2.75) is 31.7 Å². The van der Waals surface area contributed by atoms with E-state index < -0.39 is 0 Å². The highest BCUT2D eigenvalue weighted by molar-refractivity contribution is 9.10. The maximum absolute atomic E-state index is 6.07. The van der Waals surface area contributed by atoms with E-state index in [2.05, 4.69) is 26.6 Å². The topological polar surface area (TPSA) is 24.1 Å². The van der Waals surface area contributed by atoms with E-state index in [1.807, 2.05) is 18.2 Å². The second-order valence-electron chi connectivity index (χ2n) is 5.51. The van der Waals surface area contributed by atoms with Crippen molar-refractivity contribution in [3.05, 3.63) is 27.7 Å². The lowest BCUT2D eigenvalue weighted by molar-refractivity contribution is 0.392. The van der Waals surface area contributed by atoms with Gasteiger partial charge in [-0.1, -0.05) is 18.0 Å². The van der Waals surface area contributed by atoms with Crippen molar-refractivity contribution < 1.29 is 0 Å². The van der Waals surface area contributed by atoms with Gasteiger partial charge in [0.1, 0.15) is 0 Å². The van der Waals surface area contributed by atoms with Crippen LogP contribution in [0.4, 0.5) is 5.69 Å². The molecule has 1 aromatic rings. The minimum atomic E-state index is 0.560. The van der Waals surface area contributed by atoms with Crippen molar-refractivity contribution in [3.8, 4) is 0 Å². The van der Waals surface area contributed by atoms with E-state index >= 15 is 0 Å². The van der Waals surface area contributed by atoms with Crippen LogP contribution in [-0.4, -0.2) is 11.2 Å². The van der Waals surface area contributed by atoms with Gasteiger partial charge in [0.2, 0.25) is 0 Å². The number of thiocarbonyl (C=S) groups is 1. The van der Waals surface area contributed by atoms with Gasteiger partial charge in [-0.3, -0.25) is 0 Å². The first-order chi connectivity index (χ1) is 9.11. The minimum absolute atomic E-state index is 0.560. The fourth-order valence-corrected chi connectivity index (χ4v) is 4.03. The molecular formula is C14H16BrClN2S. The maximum Gasteiger partial charge on any atom is 0.171 e. The molecule has 1 aromatic carbocycles. The standard InChI is InChI=1S/C14H16BrClN2S/c15-11-4-3-10(7-12(11)16)17-14(19)18-13-6-8-1-2-9(13)5-8/h3-4,7-9,13H,1-2,5-6H2,(H2,17,18,19)/t8-,9-,13+/m1/s1. The Morgan fingerprint density at radius 2 is 2.16 bits per heavy atom. The zero-order valence-corrected chi connectivity index (χ0v) is 13.6. The van der Waals surface area contributed by atoms with Crippen LogP contribution in [0.15, 0.2) is 22.7 Å². The molecule has 0 aliphatic heterocycles. The smallest absolute Gasteiger partial charge is 0.171 e. The van der Waals surface area contributed by atoms with Crippen LogP contribution in [-0.2, 0) is 0 Å². The minimum Gasteiger partial charge on any atom is -0.359 e. The Labute approximate surface area is 132 Å². The molecular weight excluding hydrogens is 344 g/mol. The van der Waals surface area contributed by atoms with Crippen LogP contribution >= 0.6 is 39.7 Å². The Morgan fingerprint density at radius 3 is 2.79 bits per heavy atom. The lowest BCUT2D eigenvalue weighted by Gasteiger charge is -2.24. The monoisotopic (exact) mass is 358 g/mol. The molecule has 0 aromatic heterocycles. The molecule has 0 saturated heterocycles. The first-order valence-corrected chi connectivity index (χ1v) is 8.22. The zero-order valence-electron chi connectivity index (χ0n) is 10.5. The fraction of sp³-hybridized carbons (Fsp3) is 0.500. The highest BCUT2D eigenvalue weighted by atomic mass is 79.9. The van der Waals surface area contributed by atoms with Gasteiger partial charge in [-0.25, -0.2) is 0 Å². The molecule has 2 saturated carbocycles. The summed E-state index contributed by atoms with van der Waals surface area (Å²) in [5.41, 5.74) is 0.925. The number of halogens is 2. The van der Waals surface area contributed by atoms with Crippen molar-refractivity contribution in [1.29, 1.82) is 0 Å². The Hall–Kier alpha value is -0.320. The summed E-state index contributed by atoms with van der Waals surface area (Å²) < 4.78 is 0.895. The predicted octanol–water partition coefficient (Wildman–Crippen LogP) is 4.58. The number of benzene rings is 1. The number of hydrogen-bond donors (Lipinski definition) is 2. The van der Waals surface area contributed by atoms with Crippen LogP contribution in [0.25, 0.3) is 0 Å². The predicted molar refractivity (Wildman–Crippen MR) is 87.7 cm³/mol. The van der Waals surface area contributed by atoms with Crippen molar-refractivity contribution in [2.75, 3.05) is 5.32 Å². The van der Waals surface area contributed by atoms with Gasteiger partial charge in [0.15, 0.2) is 5.11 Å². The van der Waals surface area contributed by atoms with Gasteiger partial charge in [0.25, 0.3) is 0 Å². The van der Waals surface area contributed by atoms with Gasteiger partial charge in [-0.15, -0.1) is 0 Å².